The van der Waals surface area contributed by atoms with Crippen molar-refractivity contribution in [2.24, 2.45) is 17.8 Å². The molecule has 28 heavy (non-hydrogen) atoms. The second kappa shape index (κ2) is 10.2. The fraction of sp³-hybridized carbons (Fsp3) is 0.640. The molecule has 1 aromatic carbocycles. The van der Waals surface area contributed by atoms with Crippen LogP contribution in [-0.4, -0.2) is 0 Å². The van der Waals surface area contributed by atoms with E-state index in [1.807, 2.05) is 0 Å². The average molecular weight is 386 g/mol. The van der Waals surface area contributed by atoms with Gasteiger partial charge in [0, 0.05) is 0 Å². The van der Waals surface area contributed by atoms with E-state index in [0.717, 1.165) is 37.5 Å². The Hall–Kier alpha value is -1.69. The number of nitrogens with zero attached hydrogens (tertiary/aromatic N) is 1. The maximum Gasteiger partial charge on any atom is 0.144 e. The highest BCUT2D eigenvalue weighted by molar-refractivity contribution is 5.36. The molecule has 0 spiro atoms. The Morgan fingerprint density at radius 1 is 0.929 bits per heavy atom. The molecular weight excluding hydrogens is 352 g/mol. The van der Waals surface area contributed by atoms with Crippen molar-refractivity contribution < 1.29 is 8.78 Å². The molecule has 0 aromatic heterocycles. The minimum atomic E-state index is -0.728. The summed E-state index contributed by atoms with van der Waals surface area (Å²) in [6.07, 6.45) is 18.5. The number of allylic oxidation sites excluding steroid dienone is 2. The first-order chi connectivity index (χ1) is 13.6. The Bertz CT molecular complexity index is 679. The molecule has 0 N–H and O–H groups in total. The average Bonchev–Trinajstić information content (AvgIpc) is 2.71. The molecule has 2 saturated carbocycles. The number of hydrogen-bond acceptors (Lipinski definition) is 1. The first kappa shape index (κ1) is 21.0. The normalized spacial score (nSPS) is 28.4. The van der Waals surface area contributed by atoms with Crippen LogP contribution in [0, 0.1) is 40.7 Å². The lowest BCUT2D eigenvalue weighted by Gasteiger charge is -2.29. The van der Waals surface area contributed by atoms with Gasteiger partial charge in [-0.25, -0.2) is 8.78 Å². The molecule has 1 aromatic rings. The summed E-state index contributed by atoms with van der Waals surface area (Å²) >= 11 is 0. The minimum Gasteiger partial charge on any atom is -0.205 e. The molecular formula is C25H33F2N. The van der Waals surface area contributed by atoms with Crippen LogP contribution < -0.4 is 0 Å². The van der Waals surface area contributed by atoms with Crippen molar-refractivity contribution in [1.82, 2.24) is 0 Å². The standard InChI is InChI=1S/C25H33F2N/c1-2-3-4-18-5-7-19(8-6-18)9-10-20-11-13-21(14-12-20)22-15-24(26)23(17-28)25(27)16-22/h9-10,15-16,18-21H,2-8,11-14H2,1H3/t18-,19-,20-,21-. The van der Waals surface area contributed by atoms with Crippen LogP contribution in [0.5, 0.6) is 0 Å². The lowest BCUT2D eigenvalue weighted by Crippen LogP contribution is -2.15. The fourth-order valence-corrected chi connectivity index (χ4v) is 5.06. The summed E-state index contributed by atoms with van der Waals surface area (Å²) in [5.41, 5.74) is 0.242. The predicted molar refractivity (Wildman–Crippen MR) is 110 cm³/mol. The summed E-state index contributed by atoms with van der Waals surface area (Å²) in [4.78, 5) is 0. The first-order valence-electron chi connectivity index (χ1n) is 11.2. The zero-order valence-corrected chi connectivity index (χ0v) is 17.1. The van der Waals surface area contributed by atoms with Crippen molar-refractivity contribution in [1.29, 1.82) is 5.26 Å². The Balaban J connectivity index is 1.46. The van der Waals surface area contributed by atoms with Gasteiger partial charge in [-0.3, -0.25) is 0 Å². The van der Waals surface area contributed by atoms with Gasteiger partial charge in [-0.1, -0.05) is 38.3 Å². The van der Waals surface area contributed by atoms with Crippen molar-refractivity contribution >= 4 is 0 Å². The highest BCUT2D eigenvalue weighted by Crippen LogP contribution is 2.38. The number of halogens is 2. The van der Waals surface area contributed by atoms with Crippen LogP contribution in [0.15, 0.2) is 24.3 Å². The van der Waals surface area contributed by atoms with Crippen LogP contribution in [0.4, 0.5) is 8.78 Å². The number of hydrogen-bond donors (Lipinski definition) is 0. The number of rotatable bonds is 6. The second-order valence-electron chi connectivity index (χ2n) is 8.89. The van der Waals surface area contributed by atoms with E-state index in [4.69, 9.17) is 5.26 Å². The van der Waals surface area contributed by atoms with E-state index in [-0.39, 0.29) is 5.92 Å². The topological polar surface area (TPSA) is 23.8 Å². The second-order valence-corrected chi connectivity index (χ2v) is 8.89. The largest absolute Gasteiger partial charge is 0.205 e. The van der Waals surface area contributed by atoms with Crippen molar-refractivity contribution in [3.63, 3.8) is 0 Å². The van der Waals surface area contributed by atoms with Crippen molar-refractivity contribution in [3.05, 3.63) is 47.0 Å². The van der Waals surface area contributed by atoms with Gasteiger partial charge in [-0.05, 0) is 92.7 Å². The van der Waals surface area contributed by atoms with E-state index >= 15 is 0 Å². The fourth-order valence-electron chi connectivity index (χ4n) is 5.06. The molecule has 1 nitrogen and oxygen atoms in total. The predicted octanol–water partition coefficient (Wildman–Crippen LogP) is 7.66. The van der Waals surface area contributed by atoms with Gasteiger partial charge < -0.3 is 0 Å². The van der Waals surface area contributed by atoms with Gasteiger partial charge in [-0.15, -0.1) is 0 Å². The zero-order chi connectivity index (χ0) is 19.9. The molecule has 0 atom stereocenters. The van der Waals surface area contributed by atoms with Gasteiger partial charge in [0.2, 0.25) is 0 Å². The third kappa shape index (κ3) is 5.43. The van der Waals surface area contributed by atoms with Crippen LogP contribution in [0.1, 0.15) is 94.6 Å². The Labute approximate surface area is 168 Å². The summed E-state index contributed by atoms with van der Waals surface area (Å²) in [5, 5.41) is 8.82. The van der Waals surface area contributed by atoms with Gasteiger partial charge in [-0.2, -0.15) is 5.26 Å². The first-order valence-corrected chi connectivity index (χ1v) is 11.2. The third-order valence-electron chi connectivity index (χ3n) is 6.93. The molecule has 2 aliphatic carbocycles. The summed E-state index contributed by atoms with van der Waals surface area (Å²) in [7, 11) is 0. The van der Waals surface area contributed by atoms with E-state index in [2.05, 4.69) is 19.1 Å². The van der Waals surface area contributed by atoms with Crippen LogP contribution in [0.3, 0.4) is 0 Å². The van der Waals surface area contributed by atoms with Crippen LogP contribution in [-0.2, 0) is 0 Å². The maximum atomic E-state index is 13.9. The van der Waals surface area contributed by atoms with E-state index in [1.165, 1.54) is 57.1 Å². The molecule has 0 aliphatic heterocycles. The van der Waals surface area contributed by atoms with Crippen molar-refractivity contribution in [2.45, 2.75) is 83.5 Å². The summed E-state index contributed by atoms with van der Waals surface area (Å²) < 4.78 is 27.8. The van der Waals surface area contributed by atoms with E-state index in [0.29, 0.717) is 11.5 Å². The molecule has 0 amide bonds. The number of unbranched alkanes of at least 4 members (excludes halogenated alkanes) is 1. The quantitative estimate of drug-likeness (QED) is 0.461. The maximum absolute atomic E-state index is 13.9. The highest BCUT2D eigenvalue weighted by Gasteiger charge is 2.24. The Morgan fingerprint density at radius 3 is 1.96 bits per heavy atom. The van der Waals surface area contributed by atoms with E-state index in [1.54, 1.807) is 6.07 Å². The van der Waals surface area contributed by atoms with Crippen molar-refractivity contribution in [2.75, 3.05) is 0 Å². The molecule has 2 fully saturated rings. The Morgan fingerprint density at radius 2 is 1.46 bits per heavy atom. The van der Waals surface area contributed by atoms with Gasteiger partial charge in [0.1, 0.15) is 23.3 Å². The molecule has 0 heterocycles. The van der Waals surface area contributed by atoms with Gasteiger partial charge in [0.15, 0.2) is 0 Å². The lowest BCUT2D eigenvalue weighted by molar-refractivity contribution is 0.289. The van der Waals surface area contributed by atoms with Crippen LogP contribution in [0.25, 0.3) is 0 Å². The molecule has 152 valence electrons. The Kier molecular flexibility index (Phi) is 7.65. The van der Waals surface area contributed by atoms with E-state index < -0.39 is 17.2 Å². The number of benzene rings is 1. The molecule has 3 rings (SSSR count). The molecule has 3 heteroatoms. The lowest BCUT2D eigenvalue weighted by atomic mass is 9.76. The summed E-state index contributed by atoms with van der Waals surface area (Å²) in [6.45, 7) is 2.28. The minimum absolute atomic E-state index is 0.204. The highest BCUT2D eigenvalue weighted by atomic mass is 19.1. The SMILES string of the molecule is CCCC[C@H]1CC[C@H](C=C[C@H]2CC[C@H](c3cc(F)c(C#N)c(F)c3)CC2)CC1. The van der Waals surface area contributed by atoms with Crippen molar-refractivity contribution in [3.8, 4) is 6.07 Å². The van der Waals surface area contributed by atoms with Gasteiger partial charge in [0.25, 0.3) is 0 Å². The zero-order valence-electron chi connectivity index (χ0n) is 17.1. The van der Waals surface area contributed by atoms with Gasteiger partial charge >= 0.3 is 0 Å². The van der Waals surface area contributed by atoms with Gasteiger partial charge in [0.05, 0.1) is 0 Å². The smallest absolute Gasteiger partial charge is 0.144 e. The third-order valence-corrected chi connectivity index (χ3v) is 6.93. The molecule has 0 bridgehead atoms. The molecule has 0 unspecified atom stereocenters. The summed E-state index contributed by atoms with van der Waals surface area (Å²) in [6, 6.07) is 4.32. The van der Waals surface area contributed by atoms with Crippen LogP contribution >= 0.6 is 0 Å². The molecule has 0 radical (unpaired) electrons. The molecule has 2 aliphatic rings. The number of nitriles is 1. The van der Waals surface area contributed by atoms with E-state index in [9.17, 15) is 8.78 Å². The summed E-state index contributed by atoms with van der Waals surface area (Å²) in [5.74, 6) is 1.05. The monoisotopic (exact) mass is 385 g/mol. The molecule has 0 saturated heterocycles. The van der Waals surface area contributed by atoms with Crippen LogP contribution in [0.2, 0.25) is 0 Å².